The number of rotatable bonds is 3. The van der Waals surface area contributed by atoms with E-state index in [4.69, 9.17) is 15.2 Å². The van der Waals surface area contributed by atoms with Crippen molar-refractivity contribution in [3.05, 3.63) is 0 Å². The van der Waals surface area contributed by atoms with Gasteiger partial charge in [-0.1, -0.05) is 20.3 Å². The predicted molar refractivity (Wildman–Crippen MR) is 69.1 cm³/mol. The Labute approximate surface area is 109 Å². The lowest BCUT2D eigenvalue weighted by atomic mass is 9.91. The molecule has 2 atom stereocenters. The third-order valence-electron chi connectivity index (χ3n) is 3.88. The minimum Gasteiger partial charge on any atom is -0.342 e. The van der Waals surface area contributed by atoms with Crippen LogP contribution in [-0.2, 0) is 14.3 Å². The van der Waals surface area contributed by atoms with Crippen molar-refractivity contribution in [2.24, 2.45) is 11.7 Å². The zero-order chi connectivity index (χ0) is 13.2. The summed E-state index contributed by atoms with van der Waals surface area (Å²) < 4.78 is 11.7. The Bertz CT molecular complexity index is 297. The summed E-state index contributed by atoms with van der Waals surface area (Å²) in [5.41, 5.74) is 6.13. The molecule has 18 heavy (non-hydrogen) atoms. The van der Waals surface area contributed by atoms with Gasteiger partial charge in [-0.15, -0.1) is 0 Å². The molecule has 4 nitrogen and oxygen atoms in total. The lowest BCUT2D eigenvalue weighted by Gasteiger charge is -2.44. The molecule has 0 radical (unpaired) electrons. The molecule has 1 aliphatic carbocycles. The van der Waals surface area contributed by atoms with Crippen LogP contribution in [0.25, 0.3) is 0 Å². The second-order valence-corrected chi connectivity index (χ2v) is 6.06. The summed E-state index contributed by atoms with van der Waals surface area (Å²) in [4.78, 5) is 11.9. The van der Waals surface area contributed by atoms with Crippen LogP contribution in [0.4, 0.5) is 0 Å². The first-order chi connectivity index (χ1) is 8.52. The summed E-state index contributed by atoms with van der Waals surface area (Å²) in [6.07, 6.45) is 5.58. The highest BCUT2D eigenvalue weighted by Gasteiger charge is 2.44. The van der Waals surface area contributed by atoms with Crippen molar-refractivity contribution in [2.75, 3.05) is 6.61 Å². The highest BCUT2D eigenvalue weighted by Crippen LogP contribution is 2.37. The monoisotopic (exact) mass is 255 g/mol. The Morgan fingerprint density at radius 1 is 1.33 bits per heavy atom. The Morgan fingerprint density at radius 3 is 2.61 bits per heavy atom. The number of nitrogens with two attached hydrogens (primary N) is 1. The van der Waals surface area contributed by atoms with Gasteiger partial charge in [0.15, 0.2) is 11.6 Å². The van der Waals surface area contributed by atoms with Gasteiger partial charge in [0.05, 0.1) is 0 Å². The van der Waals surface area contributed by atoms with Crippen LogP contribution in [-0.4, -0.2) is 30.3 Å². The Morgan fingerprint density at radius 2 is 2.00 bits per heavy atom. The van der Waals surface area contributed by atoms with Crippen molar-refractivity contribution >= 4 is 5.78 Å². The van der Waals surface area contributed by atoms with Gasteiger partial charge >= 0.3 is 0 Å². The molecule has 2 rings (SSSR count). The molecule has 4 heteroatoms. The smallest absolute Gasteiger partial charge is 0.188 e. The number of hydrogen-bond donors (Lipinski definition) is 1. The molecule has 2 aliphatic rings. The molecule has 104 valence electrons. The van der Waals surface area contributed by atoms with E-state index in [9.17, 15) is 4.79 Å². The van der Waals surface area contributed by atoms with E-state index >= 15 is 0 Å². The second kappa shape index (κ2) is 5.68. The molecular weight excluding hydrogens is 230 g/mol. The molecule has 1 aliphatic heterocycles. The van der Waals surface area contributed by atoms with E-state index in [-0.39, 0.29) is 18.4 Å². The average molecular weight is 255 g/mol. The van der Waals surface area contributed by atoms with Gasteiger partial charge in [0.1, 0.15) is 12.7 Å². The lowest BCUT2D eigenvalue weighted by Crippen LogP contribution is -2.56. The number of carbonyl (C=O) groups excluding carboxylic acids is 1. The molecule has 2 fully saturated rings. The van der Waals surface area contributed by atoms with Crippen LogP contribution >= 0.6 is 0 Å². The zero-order valence-electron chi connectivity index (χ0n) is 11.5. The summed E-state index contributed by atoms with van der Waals surface area (Å²) >= 11 is 0. The number of ether oxygens (including phenoxy) is 2. The molecule has 2 N–H and O–H groups in total. The molecule has 0 aromatic carbocycles. The van der Waals surface area contributed by atoms with E-state index < -0.39 is 11.9 Å². The first-order valence-corrected chi connectivity index (χ1v) is 7.12. The van der Waals surface area contributed by atoms with E-state index in [1.807, 2.05) is 0 Å². The first-order valence-electron chi connectivity index (χ1n) is 7.12. The zero-order valence-corrected chi connectivity index (χ0v) is 11.5. The highest BCUT2D eigenvalue weighted by atomic mass is 16.7. The van der Waals surface area contributed by atoms with E-state index in [2.05, 4.69) is 13.8 Å². The number of hydrogen-bond acceptors (Lipinski definition) is 4. The van der Waals surface area contributed by atoms with Crippen molar-refractivity contribution < 1.29 is 14.3 Å². The van der Waals surface area contributed by atoms with Crippen LogP contribution in [0.15, 0.2) is 0 Å². The third-order valence-corrected chi connectivity index (χ3v) is 3.88. The highest BCUT2D eigenvalue weighted by molar-refractivity contribution is 5.85. The summed E-state index contributed by atoms with van der Waals surface area (Å²) in [5, 5.41) is 0. The van der Waals surface area contributed by atoms with Gasteiger partial charge < -0.3 is 15.2 Å². The molecular formula is C14H25NO3. The minimum absolute atomic E-state index is 0.000603. The Kier molecular flexibility index (Phi) is 4.41. The first kappa shape index (κ1) is 14.0. The maximum atomic E-state index is 11.9. The van der Waals surface area contributed by atoms with Gasteiger partial charge in [0.2, 0.25) is 0 Å². The third kappa shape index (κ3) is 3.11. The Hall–Kier alpha value is -0.450. The van der Waals surface area contributed by atoms with Gasteiger partial charge in [-0.3, -0.25) is 4.79 Å². The quantitative estimate of drug-likeness (QED) is 0.838. The van der Waals surface area contributed by atoms with Gasteiger partial charge in [-0.05, 0) is 25.2 Å². The maximum absolute atomic E-state index is 11.9. The fraction of sp³-hybridized carbons (Fsp3) is 0.929. The van der Waals surface area contributed by atoms with E-state index in [0.717, 1.165) is 32.1 Å². The molecule has 1 saturated heterocycles. The molecule has 0 bridgehead atoms. The van der Waals surface area contributed by atoms with Crippen LogP contribution in [0.5, 0.6) is 0 Å². The average Bonchev–Trinajstić information content (AvgIpc) is 2.33. The summed E-state index contributed by atoms with van der Waals surface area (Å²) in [6.45, 7) is 4.39. The largest absolute Gasteiger partial charge is 0.342 e. The van der Waals surface area contributed by atoms with E-state index in [1.165, 1.54) is 6.42 Å². The van der Waals surface area contributed by atoms with Crippen LogP contribution in [0.1, 0.15) is 52.4 Å². The normalized spacial score (nSPS) is 29.8. The molecule has 1 heterocycles. The standard InChI is InChI=1S/C14H25NO3/c1-10(2)8-11(15)13-12(16)9-17-14(18-13)6-4-3-5-7-14/h10-11,13H,3-9,15H2,1-2H3/t11-,13+/m0/s1. The van der Waals surface area contributed by atoms with Crippen molar-refractivity contribution in [2.45, 2.75) is 70.3 Å². The van der Waals surface area contributed by atoms with E-state index in [1.54, 1.807) is 0 Å². The van der Waals surface area contributed by atoms with Crippen LogP contribution in [0.3, 0.4) is 0 Å². The van der Waals surface area contributed by atoms with Crippen molar-refractivity contribution in [1.82, 2.24) is 0 Å². The van der Waals surface area contributed by atoms with Crippen LogP contribution < -0.4 is 5.73 Å². The number of carbonyl (C=O) groups is 1. The molecule has 0 aromatic rings. The fourth-order valence-corrected chi connectivity index (χ4v) is 2.96. The molecule has 0 amide bonds. The van der Waals surface area contributed by atoms with Crippen molar-refractivity contribution in [3.8, 4) is 0 Å². The molecule has 1 spiro atoms. The van der Waals surface area contributed by atoms with E-state index in [0.29, 0.717) is 5.92 Å². The summed E-state index contributed by atoms with van der Waals surface area (Å²) in [7, 11) is 0. The SMILES string of the molecule is CC(C)C[C@H](N)[C@H]1OC2(CCCCC2)OCC1=O. The Balaban J connectivity index is 2.02. The topological polar surface area (TPSA) is 61.6 Å². The molecule has 1 saturated carbocycles. The minimum atomic E-state index is -0.522. The molecule has 0 aromatic heterocycles. The maximum Gasteiger partial charge on any atom is 0.188 e. The van der Waals surface area contributed by atoms with Crippen LogP contribution in [0, 0.1) is 5.92 Å². The second-order valence-electron chi connectivity index (χ2n) is 6.06. The van der Waals surface area contributed by atoms with Gasteiger partial charge in [0, 0.05) is 18.9 Å². The summed E-state index contributed by atoms with van der Waals surface area (Å²) in [6, 6.07) is -0.208. The fourth-order valence-electron chi connectivity index (χ4n) is 2.96. The number of ketones is 1. The molecule has 0 unspecified atom stereocenters. The lowest BCUT2D eigenvalue weighted by molar-refractivity contribution is -0.291. The van der Waals surface area contributed by atoms with Gasteiger partial charge in [-0.25, -0.2) is 0 Å². The van der Waals surface area contributed by atoms with Gasteiger partial charge in [0.25, 0.3) is 0 Å². The van der Waals surface area contributed by atoms with Crippen LogP contribution in [0.2, 0.25) is 0 Å². The van der Waals surface area contributed by atoms with Crippen molar-refractivity contribution in [1.29, 1.82) is 0 Å². The summed E-state index contributed by atoms with van der Waals surface area (Å²) in [5.74, 6) is -0.0493. The predicted octanol–water partition coefficient (Wildman–Crippen LogP) is 2.00. The van der Waals surface area contributed by atoms with Gasteiger partial charge in [-0.2, -0.15) is 0 Å². The number of Topliss-reactive ketones (excluding diaryl/α,β-unsaturated/α-hetero) is 1. The van der Waals surface area contributed by atoms with Crippen molar-refractivity contribution in [3.63, 3.8) is 0 Å².